The predicted molar refractivity (Wildman–Crippen MR) is 99.1 cm³/mol. The Morgan fingerprint density at radius 2 is 2.29 bits per heavy atom. The van der Waals surface area contributed by atoms with Crippen LogP contribution in [0, 0.1) is 0 Å². The summed E-state index contributed by atoms with van der Waals surface area (Å²) in [6.07, 6.45) is 2.31. The first-order valence-corrected chi connectivity index (χ1v) is 8.84. The number of ketones is 1. The molecule has 0 aromatic heterocycles. The summed E-state index contributed by atoms with van der Waals surface area (Å²) in [7, 11) is 0. The molecule has 1 fully saturated rings. The van der Waals surface area contributed by atoms with Crippen molar-refractivity contribution in [3.05, 3.63) is 35.4 Å². The maximum atomic E-state index is 12.3. The van der Waals surface area contributed by atoms with Gasteiger partial charge in [-0.3, -0.25) is 14.6 Å². The van der Waals surface area contributed by atoms with Crippen LogP contribution in [0.5, 0.6) is 0 Å². The minimum atomic E-state index is -0.332. The Morgan fingerprint density at radius 1 is 1.50 bits per heavy atom. The molecular weight excluding hydrogens is 322 g/mol. The monoisotopic (exact) mass is 347 g/mol. The SMILES string of the molecule is C.C[C@@]1(c2cccc(CC(=O)[C@@H]3CCC(=O)N3)c2)CCSC(N)=N1. The zero-order chi connectivity index (χ0) is 16.4. The number of carbonyl (C=O) groups excluding carboxylic acids is 2. The van der Waals surface area contributed by atoms with E-state index in [9.17, 15) is 9.59 Å². The van der Waals surface area contributed by atoms with Crippen LogP contribution in [0.25, 0.3) is 0 Å². The Morgan fingerprint density at radius 3 is 2.96 bits per heavy atom. The van der Waals surface area contributed by atoms with Crippen LogP contribution in [-0.4, -0.2) is 28.7 Å². The average molecular weight is 347 g/mol. The molecule has 2 aliphatic rings. The Bertz CT molecular complexity index is 674. The number of amidine groups is 1. The van der Waals surface area contributed by atoms with E-state index in [1.807, 2.05) is 24.3 Å². The largest absolute Gasteiger partial charge is 0.379 e. The topological polar surface area (TPSA) is 84.5 Å². The van der Waals surface area contributed by atoms with Crippen LogP contribution in [0.1, 0.15) is 44.7 Å². The maximum absolute atomic E-state index is 12.3. The first-order valence-electron chi connectivity index (χ1n) is 7.86. The number of benzene rings is 1. The Balaban J connectivity index is 0.00000208. The predicted octanol–water partition coefficient (Wildman–Crippen LogP) is 2.38. The number of Topliss-reactive ketones (excluding diaryl/α,β-unsaturated/α-hetero) is 1. The number of aliphatic imine (C=N–C) groups is 1. The van der Waals surface area contributed by atoms with Crippen LogP contribution >= 0.6 is 11.8 Å². The van der Waals surface area contributed by atoms with Gasteiger partial charge >= 0.3 is 0 Å². The molecule has 1 amide bonds. The van der Waals surface area contributed by atoms with Gasteiger partial charge in [-0.25, -0.2) is 0 Å². The van der Waals surface area contributed by atoms with E-state index in [0.717, 1.165) is 23.3 Å². The van der Waals surface area contributed by atoms with Crippen molar-refractivity contribution in [3.63, 3.8) is 0 Å². The summed E-state index contributed by atoms with van der Waals surface area (Å²) in [5, 5.41) is 3.35. The van der Waals surface area contributed by atoms with E-state index in [1.54, 1.807) is 11.8 Å². The summed E-state index contributed by atoms with van der Waals surface area (Å²) >= 11 is 1.58. The highest BCUT2D eigenvalue weighted by Gasteiger charge is 2.30. The van der Waals surface area contributed by atoms with Crippen molar-refractivity contribution in [3.8, 4) is 0 Å². The molecule has 3 N–H and O–H groups in total. The van der Waals surface area contributed by atoms with Crippen molar-refractivity contribution in [2.45, 2.75) is 51.6 Å². The van der Waals surface area contributed by atoms with Crippen LogP contribution in [0.2, 0.25) is 0 Å². The van der Waals surface area contributed by atoms with Gasteiger partial charge in [0.15, 0.2) is 11.0 Å². The molecule has 0 bridgehead atoms. The van der Waals surface area contributed by atoms with Gasteiger partial charge in [-0.05, 0) is 30.9 Å². The minimum Gasteiger partial charge on any atom is -0.379 e. The fourth-order valence-electron chi connectivity index (χ4n) is 3.09. The molecule has 0 spiro atoms. The number of hydrogen-bond acceptors (Lipinski definition) is 5. The Kier molecular flexibility index (Phi) is 5.70. The Hall–Kier alpha value is -1.82. The first-order chi connectivity index (χ1) is 11.0. The van der Waals surface area contributed by atoms with Crippen LogP contribution in [0.15, 0.2) is 29.3 Å². The van der Waals surface area contributed by atoms with Gasteiger partial charge in [0, 0.05) is 18.6 Å². The molecule has 5 nitrogen and oxygen atoms in total. The lowest BCUT2D eigenvalue weighted by Crippen LogP contribution is -2.34. The number of rotatable bonds is 4. The molecule has 2 atom stereocenters. The molecule has 0 aliphatic carbocycles. The third-order valence-corrected chi connectivity index (χ3v) is 5.30. The van der Waals surface area contributed by atoms with Gasteiger partial charge in [0.25, 0.3) is 0 Å². The van der Waals surface area contributed by atoms with Gasteiger partial charge < -0.3 is 11.1 Å². The lowest BCUT2D eigenvalue weighted by Gasteiger charge is -2.30. The van der Waals surface area contributed by atoms with Crippen LogP contribution < -0.4 is 11.1 Å². The highest BCUT2D eigenvalue weighted by Crippen LogP contribution is 2.35. The Labute approximate surface area is 147 Å². The van der Waals surface area contributed by atoms with E-state index in [-0.39, 0.29) is 30.7 Å². The summed E-state index contributed by atoms with van der Waals surface area (Å²) in [6.45, 7) is 2.08. The number of nitrogens with one attached hydrogen (secondary N) is 1. The highest BCUT2D eigenvalue weighted by atomic mass is 32.2. The molecule has 2 heterocycles. The van der Waals surface area contributed by atoms with Gasteiger partial charge in [0.1, 0.15) is 0 Å². The second-order valence-corrected chi connectivity index (χ2v) is 7.44. The normalized spacial score (nSPS) is 26.3. The lowest BCUT2D eigenvalue weighted by atomic mass is 9.88. The van der Waals surface area contributed by atoms with Crippen LogP contribution in [0.4, 0.5) is 0 Å². The van der Waals surface area contributed by atoms with Crippen molar-refractivity contribution in [1.82, 2.24) is 5.32 Å². The van der Waals surface area contributed by atoms with E-state index >= 15 is 0 Å². The van der Waals surface area contributed by atoms with E-state index in [0.29, 0.717) is 24.4 Å². The molecule has 3 rings (SSSR count). The fraction of sp³-hybridized carbons (Fsp3) is 0.500. The molecule has 130 valence electrons. The van der Waals surface area contributed by atoms with Gasteiger partial charge in [0.05, 0.1) is 11.6 Å². The number of nitrogens with zero attached hydrogens (tertiary/aromatic N) is 1. The van der Waals surface area contributed by atoms with E-state index in [2.05, 4.69) is 17.2 Å². The lowest BCUT2D eigenvalue weighted by molar-refractivity contribution is -0.124. The third-order valence-electron chi connectivity index (χ3n) is 4.51. The number of carbonyl (C=O) groups is 2. The summed E-state index contributed by atoms with van der Waals surface area (Å²) in [6, 6.07) is 7.66. The van der Waals surface area contributed by atoms with Crippen molar-refractivity contribution in [2.24, 2.45) is 10.7 Å². The van der Waals surface area contributed by atoms with Gasteiger partial charge in [-0.1, -0.05) is 43.5 Å². The third kappa shape index (κ3) is 3.98. The van der Waals surface area contributed by atoms with Crippen molar-refractivity contribution in [2.75, 3.05) is 5.75 Å². The molecule has 0 unspecified atom stereocenters. The van der Waals surface area contributed by atoms with Crippen molar-refractivity contribution in [1.29, 1.82) is 0 Å². The summed E-state index contributed by atoms with van der Waals surface area (Å²) < 4.78 is 0. The number of nitrogens with two attached hydrogens (primary N) is 1. The second-order valence-electron chi connectivity index (χ2n) is 6.32. The molecule has 0 saturated carbocycles. The molecule has 1 aromatic carbocycles. The van der Waals surface area contributed by atoms with E-state index < -0.39 is 0 Å². The van der Waals surface area contributed by atoms with E-state index in [1.165, 1.54) is 0 Å². The number of hydrogen-bond donors (Lipinski definition) is 2. The van der Waals surface area contributed by atoms with Crippen LogP contribution in [-0.2, 0) is 21.5 Å². The second kappa shape index (κ2) is 7.38. The summed E-state index contributed by atoms with van der Waals surface area (Å²) in [4.78, 5) is 28.2. The van der Waals surface area contributed by atoms with Crippen molar-refractivity contribution >= 4 is 28.6 Å². The average Bonchev–Trinajstić information content (AvgIpc) is 2.94. The summed E-state index contributed by atoms with van der Waals surface area (Å²) in [5.74, 6) is 0.984. The molecule has 24 heavy (non-hydrogen) atoms. The smallest absolute Gasteiger partial charge is 0.220 e. The molecule has 2 aliphatic heterocycles. The van der Waals surface area contributed by atoms with Gasteiger partial charge in [-0.15, -0.1) is 0 Å². The van der Waals surface area contributed by atoms with E-state index in [4.69, 9.17) is 5.73 Å². The highest BCUT2D eigenvalue weighted by molar-refractivity contribution is 8.13. The number of amides is 1. The fourth-order valence-corrected chi connectivity index (χ4v) is 4.07. The summed E-state index contributed by atoms with van der Waals surface area (Å²) in [5.41, 5.74) is 7.60. The zero-order valence-corrected chi connectivity index (χ0v) is 14.0. The zero-order valence-electron chi connectivity index (χ0n) is 13.2. The quantitative estimate of drug-likeness (QED) is 0.876. The van der Waals surface area contributed by atoms with Gasteiger partial charge in [0.2, 0.25) is 5.91 Å². The molecule has 1 saturated heterocycles. The first kappa shape index (κ1) is 18.5. The van der Waals surface area contributed by atoms with Crippen LogP contribution in [0.3, 0.4) is 0 Å². The molecule has 6 heteroatoms. The maximum Gasteiger partial charge on any atom is 0.220 e. The number of thioether (sulfide) groups is 1. The standard InChI is InChI=1S/C17H21N3O2S.CH4/c1-17(7-8-23-16(18)20-17)12-4-2-3-11(9-12)10-14(21)13-5-6-15(22)19-13;/h2-4,9,13H,5-8,10H2,1H3,(H2,18,20)(H,19,22);1H4/t13-,17-;/m0./s1. The van der Waals surface area contributed by atoms with Gasteiger partial charge in [-0.2, -0.15) is 0 Å². The minimum absolute atomic E-state index is 0. The van der Waals surface area contributed by atoms with Crippen molar-refractivity contribution < 1.29 is 9.59 Å². The molecule has 0 radical (unpaired) electrons. The molecule has 1 aromatic rings. The molecular formula is C18H25N3O2S.